The van der Waals surface area contributed by atoms with Crippen molar-refractivity contribution < 1.29 is 19.4 Å². The van der Waals surface area contributed by atoms with Gasteiger partial charge in [-0.1, -0.05) is 11.2 Å². The Bertz CT molecular complexity index is 485. The number of hydrogen-bond donors (Lipinski definition) is 2. The van der Waals surface area contributed by atoms with Crippen molar-refractivity contribution in [1.82, 2.24) is 0 Å². The average molecular weight is 294 g/mol. The molecule has 2 rings (SSSR count). The molecule has 0 atom stereocenters. The van der Waals surface area contributed by atoms with Gasteiger partial charge in [-0.3, -0.25) is 0 Å². The molecule has 6 nitrogen and oxygen atoms in total. The predicted molar refractivity (Wildman–Crippen MR) is 78.7 cm³/mol. The number of hydrogen-bond acceptors (Lipinski definition) is 5. The Kier molecular flexibility index (Phi) is 5.83. The van der Waals surface area contributed by atoms with Crippen LogP contribution in [-0.4, -0.2) is 38.0 Å². The van der Waals surface area contributed by atoms with E-state index >= 15 is 0 Å². The summed E-state index contributed by atoms with van der Waals surface area (Å²) in [5.74, 6) is 1.18. The number of nitrogens with two attached hydrogens (primary N) is 1. The van der Waals surface area contributed by atoms with E-state index in [-0.39, 0.29) is 5.84 Å². The highest BCUT2D eigenvalue weighted by Gasteiger charge is 2.14. The van der Waals surface area contributed by atoms with Crippen molar-refractivity contribution in [2.45, 2.75) is 19.4 Å². The zero-order chi connectivity index (χ0) is 15.1. The molecule has 1 saturated heterocycles. The molecule has 0 unspecified atom stereocenters. The second-order valence-electron chi connectivity index (χ2n) is 5.09. The Morgan fingerprint density at radius 3 is 2.86 bits per heavy atom. The van der Waals surface area contributed by atoms with Crippen molar-refractivity contribution in [3.05, 3.63) is 29.3 Å². The molecule has 0 aromatic heterocycles. The molecule has 0 aliphatic carbocycles. The molecule has 0 saturated carbocycles. The van der Waals surface area contributed by atoms with E-state index in [1.165, 1.54) is 0 Å². The monoisotopic (exact) mass is 294 g/mol. The lowest BCUT2D eigenvalue weighted by atomic mass is 10.0. The summed E-state index contributed by atoms with van der Waals surface area (Å²) in [5, 5.41) is 11.7. The minimum absolute atomic E-state index is 0.0292. The van der Waals surface area contributed by atoms with Crippen molar-refractivity contribution in [2.24, 2.45) is 16.8 Å². The smallest absolute Gasteiger partial charge is 0.173 e. The molecule has 0 amide bonds. The van der Waals surface area contributed by atoms with Gasteiger partial charge in [0.1, 0.15) is 5.75 Å². The third-order valence-corrected chi connectivity index (χ3v) is 3.61. The third kappa shape index (κ3) is 4.34. The van der Waals surface area contributed by atoms with Crippen molar-refractivity contribution in [3.63, 3.8) is 0 Å². The van der Waals surface area contributed by atoms with Gasteiger partial charge in [0.15, 0.2) is 5.84 Å². The zero-order valence-corrected chi connectivity index (χ0v) is 12.2. The molecule has 116 valence electrons. The van der Waals surface area contributed by atoms with Crippen molar-refractivity contribution in [3.8, 4) is 5.75 Å². The Hall–Kier alpha value is -1.79. The lowest BCUT2D eigenvalue weighted by Gasteiger charge is -2.21. The number of benzene rings is 1. The summed E-state index contributed by atoms with van der Waals surface area (Å²) in [5.41, 5.74) is 7.15. The molecule has 1 aromatic carbocycles. The predicted octanol–water partition coefficient (Wildman–Crippen LogP) is 1.73. The van der Waals surface area contributed by atoms with E-state index in [0.717, 1.165) is 38.2 Å². The molecule has 1 heterocycles. The molecule has 0 radical (unpaired) electrons. The summed E-state index contributed by atoms with van der Waals surface area (Å²) < 4.78 is 16.3. The Balaban J connectivity index is 1.91. The van der Waals surface area contributed by atoms with Crippen molar-refractivity contribution in [2.75, 3.05) is 26.9 Å². The van der Waals surface area contributed by atoms with E-state index < -0.39 is 0 Å². The van der Waals surface area contributed by atoms with E-state index in [1.54, 1.807) is 13.2 Å². The summed E-state index contributed by atoms with van der Waals surface area (Å²) in [7, 11) is 1.55. The number of oxime groups is 1. The highest BCUT2D eigenvalue weighted by atomic mass is 16.5. The second kappa shape index (κ2) is 7.85. The SMILES string of the molecule is COc1cc(COCC2CCOCC2)ccc1/C(N)=N/O. The average Bonchev–Trinajstić information content (AvgIpc) is 2.55. The molecule has 21 heavy (non-hydrogen) atoms. The zero-order valence-electron chi connectivity index (χ0n) is 12.2. The van der Waals surface area contributed by atoms with Crippen LogP contribution >= 0.6 is 0 Å². The highest BCUT2D eigenvalue weighted by molar-refractivity contribution is 5.99. The summed E-state index contributed by atoms with van der Waals surface area (Å²) >= 11 is 0. The van der Waals surface area contributed by atoms with Crippen LogP contribution in [0, 0.1) is 5.92 Å². The number of rotatable bonds is 6. The fourth-order valence-corrected chi connectivity index (χ4v) is 2.35. The first-order valence-corrected chi connectivity index (χ1v) is 7.05. The minimum atomic E-state index is 0.0292. The summed E-state index contributed by atoms with van der Waals surface area (Å²) in [4.78, 5) is 0. The molecule has 6 heteroatoms. The van der Waals surface area contributed by atoms with Crippen LogP contribution in [0.3, 0.4) is 0 Å². The van der Waals surface area contributed by atoms with Crippen LogP contribution in [0.4, 0.5) is 0 Å². The van der Waals surface area contributed by atoms with Gasteiger partial charge >= 0.3 is 0 Å². The van der Waals surface area contributed by atoms with E-state index in [4.69, 9.17) is 25.2 Å². The Labute approximate surface area is 124 Å². The fraction of sp³-hybridized carbons (Fsp3) is 0.533. The van der Waals surface area contributed by atoms with Crippen LogP contribution in [0.25, 0.3) is 0 Å². The van der Waals surface area contributed by atoms with Gasteiger partial charge < -0.3 is 25.2 Å². The topological polar surface area (TPSA) is 86.3 Å². The maximum Gasteiger partial charge on any atom is 0.173 e. The van der Waals surface area contributed by atoms with Gasteiger partial charge in [-0.15, -0.1) is 0 Å². The van der Waals surface area contributed by atoms with E-state index in [1.807, 2.05) is 12.1 Å². The highest BCUT2D eigenvalue weighted by Crippen LogP contribution is 2.21. The van der Waals surface area contributed by atoms with Crippen LogP contribution in [0.1, 0.15) is 24.0 Å². The fourth-order valence-electron chi connectivity index (χ4n) is 2.35. The van der Waals surface area contributed by atoms with E-state index in [2.05, 4.69) is 5.16 Å². The summed E-state index contributed by atoms with van der Waals surface area (Å²) in [6, 6.07) is 5.50. The second-order valence-corrected chi connectivity index (χ2v) is 5.09. The maximum atomic E-state index is 8.74. The van der Waals surface area contributed by atoms with Gasteiger partial charge in [-0.2, -0.15) is 0 Å². The first kappa shape index (κ1) is 15.6. The molecular formula is C15H22N2O4. The van der Waals surface area contributed by atoms with Gasteiger partial charge in [0, 0.05) is 13.2 Å². The first-order valence-electron chi connectivity index (χ1n) is 7.05. The molecule has 0 spiro atoms. The van der Waals surface area contributed by atoms with Crippen molar-refractivity contribution in [1.29, 1.82) is 0 Å². The number of nitrogens with zero attached hydrogens (tertiary/aromatic N) is 1. The lowest BCUT2D eigenvalue weighted by Crippen LogP contribution is -2.20. The molecule has 1 aliphatic rings. The van der Waals surface area contributed by atoms with Crippen LogP contribution in [0.15, 0.2) is 23.4 Å². The lowest BCUT2D eigenvalue weighted by molar-refractivity contribution is 0.0157. The van der Waals surface area contributed by atoms with E-state index in [0.29, 0.717) is 23.8 Å². The van der Waals surface area contributed by atoms with Crippen molar-refractivity contribution >= 4 is 5.84 Å². The number of ether oxygens (including phenoxy) is 3. The van der Waals surface area contributed by atoms with Crippen LogP contribution in [0.5, 0.6) is 5.75 Å². The number of methoxy groups -OCH3 is 1. The normalized spacial score (nSPS) is 16.9. The molecule has 1 aromatic rings. The van der Waals surface area contributed by atoms with Gasteiger partial charge in [0.05, 0.1) is 25.9 Å². The largest absolute Gasteiger partial charge is 0.496 e. The molecule has 0 bridgehead atoms. The van der Waals surface area contributed by atoms with Crippen LogP contribution in [0.2, 0.25) is 0 Å². The molecule has 1 aliphatic heterocycles. The third-order valence-electron chi connectivity index (χ3n) is 3.61. The number of amidine groups is 1. The summed E-state index contributed by atoms with van der Waals surface area (Å²) in [6.07, 6.45) is 2.12. The quantitative estimate of drug-likeness (QED) is 0.361. The van der Waals surface area contributed by atoms with Gasteiger partial charge in [-0.05, 0) is 36.5 Å². The minimum Gasteiger partial charge on any atom is -0.496 e. The van der Waals surface area contributed by atoms with Crippen LogP contribution in [-0.2, 0) is 16.1 Å². The van der Waals surface area contributed by atoms with Gasteiger partial charge in [0.2, 0.25) is 0 Å². The molecule has 1 fully saturated rings. The van der Waals surface area contributed by atoms with Crippen LogP contribution < -0.4 is 10.5 Å². The first-order chi connectivity index (χ1) is 10.2. The standard InChI is InChI=1S/C15H22N2O4/c1-19-14-8-12(2-3-13(14)15(16)17-18)10-21-9-11-4-6-20-7-5-11/h2-3,8,11,18H,4-7,9-10H2,1H3,(H2,16,17). The van der Waals surface area contributed by atoms with Gasteiger partial charge in [0.25, 0.3) is 0 Å². The van der Waals surface area contributed by atoms with E-state index in [9.17, 15) is 0 Å². The Morgan fingerprint density at radius 1 is 1.43 bits per heavy atom. The maximum absolute atomic E-state index is 8.74. The molecular weight excluding hydrogens is 272 g/mol. The Morgan fingerprint density at radius 2 is 2.19 bits per heavy atom. The van der Waals surface area contributed by atoms with Gasteiger partial charge in [-0.25, -0.2) is 0 Å². The molecule has 3 N–H and O–H groups in total. The summed E-state index contributed by atoms with van der Waals surface area (Å²) in [6.45, 7) is 2.92.